The molecule has 0 saturated carbocycles. The second-order valence-electron chi connectivity index (χ2n) is 20.4. The maximum absolute atomic E-state index is 13.2. The molecule has 0 aromatic rings. The van der Waals surface area contributed by atoms with Crippen molar-refractivity contribution in [3.05, 3.63) is 134 Å². The molecule has 14 heteroatoms. The highest BCUT2D eigenvalue weighted by Crippen LogP contribution is 2.30. The number of ether oxygens (including phenoxy) is 4. The van der Waals surface area contributed by atoms with Gasteiger partial charge in [0.05, 0.1) is 32.0 Å². The molecule has 2 saturated heterocycles. The van der Waals surface area contributed by atoms with Gasteiger partial charge in [-0.05, 0) is 96.3 Å². The molecule has 2 heterocycles. The van der Waals surface area contributed by atoms with Crippen LogP contribution in [0.4, 0.5) is 0 Å². The third-order valence-corrected chi connectivity index (χ3v) is 13.6. The van der Waals surface area contributed by atoms with Gasteiger partial charge in [0.25, 0.3) is 0 Å². The van der Waals surface area contributed by atoms with Crippen LogP contribution < -0.4 is 5.32 Å². The predicted octanol–water partition coefficient (Wildman–Crippen LogP) is 10.4. The Morgan fingerprint density at radius 2 is 0.873 bits per heavy atom. The molecule has 79 heavy (non-hydrogen) atoms. The van der Waals surface area contributed by atoms with Crippen LogP contribution in [0.1, 0.15) is 174 Å². The summed E-state index contributed by atoms with van der Waals surface area (Å²) in [6, 6.07) is -0.845. The van der Waals surface area contributed by atoms with E-state index in [2.05, 4.69) is 153 Å². The molecule has 0 radical (unpaired) electrons. The summed E-state index contributed by atoms with van der Waals surface area (Å²) in [6.07, 6.45) is 55.2. The van der Waals surface area contributed by atoms with Gasteiger partial charge in [0, 0.05) is 6.42 Å². The monoisotopic (exact) mass is 1110 g/mol. The number of amides is 1. The van der Waals surface area contributed by atoms with Crippen molar-refractivity contribution in [1.82, 2.24) is 5.32 Å². The summed E-state index contributed by atoms with van der Waals surface area (Å²) in [6.45, 7) is 2.62. The SMILES string of the molecule is CC/C=C\C/C=C\C/C=C\C/C=C\C/C=C\C/C=C\C/C=C\C/C=C\C/C=C\C/C=C\C/C=C\CCCCCCCC(=O)NC(COC1OC(CO)C(OC2OC(CO)C(O)C(O)C2O)C(O)C1O)C(O)CCCCCCCC. The average molecular weight is 1110 g/mol. The second kappa shape index (κ2) is 48.8. The maximum atomic E-state index is 13.2. The Morgan fingerprint density at radius 3 is 1.34 bits per heavy atom. The summed E-state index contributed by atoms with van der Waals surface area (Å²) in [7, 11) is 0. The first kappa shape index (κ1) is 71.2. The van der Waals surface area contributed by atoms with E-state index in [1.165, 1.54) is 0 Å². The lowest BCUT2D eigenvalue weighted by atomic mass is 9.97. The number of allylic oxidation sites excluding steroid dienone is 22. The van der Waals surface area contributed by atoms with Crippen LogP contribution >= 0.6 is 0 Å². The number of aliphatic hydroxyl groups is 8. The first-order chi connectivity index (χ1) is 38.6. The van der Waals surface area contributed by atoms with Crippen LogP contribution in [-0.4, -0.2) is 140 Å². The first-order valence-electron chi connectivity index (χ1n) is 29.9. The van der Waals surface area contributed by atoms with E-state index in [-0.39, 0.29) is 18.9 Å². The Hall–Kier alpha value is -3.87. The van der Waals surface area contributed by atoms with Gasteiger partial charge in [-0.3, -0.25) is 4.79 Å². The van der Waals surface area contributed by atoms with E-state index in [0.29, 0.717) is 12.8 Å². The number of carbonyl (C=O) groups is 1. The van der Waals surface area contributed by atoms with Crippen LogP contribution in [0.25, 0.3) is 0 Å². The third kappa shape index (κ3) is 34.2. The minimum Gasteiger partial charge on any atom is -0.394 e. The third-order valence-electron chi connectivity index (χ3n) is 13.6. The fraction of sp³-hybridized carbons (Fsp3) is 0.646. The zero-order chi connectivity index (χ0) is 57.4. The molecule has 9 N–H and O–H groups in total. The molecule has 0 bridgehead atoms. The molecule has 2 aliphatic rings. The average Bonchev–Trinajstić information content (AvgIpc) is 3.47. The summed E-state index contributed by atoms with van der Waals surface area (Å²) < 4.78 is 22.7. The number of hydrogen-bond donors (Lipinski definition) is 9. The van der Waals surface area contributed by atoms with E-state index in [1.54, 1.807) is 0 Å². The summed E-state index contributed by atoms with van der Waals surface area (Å²) in [5.74, 6) is -0.238. The molecular formula is C65H105NO13. The van der Waals surface area contributed by atoms with E-state index >= 15 is 0 Å². The zero-order valence-electron chi connectivity index (χ0n) is 48.0. The lowest BCUT2D eigenvalue weighted by Crippen LogP contribution is -2.65. The van der Waals surface area contributed by atoms with Gasteiger partial charge in [-0.25, -0.2) is 0 Å². The van der Waals surface area contributed by atoms with Crippen LogP contribution in [0.5, 0.6) is 0 Å². The van der Waals surface area contributed by atoms with Crippen molar-refractivity contribution in [1.29, 1.82) is 0 Å². The molecule has 0 aliphatic carbocycles. The van der Waals surface area contributed by atoms with Crippen molar-refractivity contribution in [2.45, 2.75) is 248 Å². The minimum absolute atomic E-state index is 0.238. The van der Waals surface area contributed by atoms with E-state index < -0.39 is 86.8 Å². The highest BCUT2D eigenvalue weighted by Gasteiger charge is 2.51. The number of carbonyl (C=O) groups excluding carboxylic acids is 1. The molecular weight excluding hydrogens is 1000 g/mol. The van der Waals surface area contributed by atoms with Crippen molar-refractivity contribution in [3.8, 4) is 0 Å². The number of aliphatic hydroxyl groups excluding tert-OH is 8. The zero-order valence-corrected chi connectivity index (χ0v) is 48.0. The van der Waals surface area contributed by atoms with Crippen molar-refractivity contribution in [2.24, 2.45) is 0 Å². The molecule has 448 valence electrons. The van der Waals surface area contributed by atoms with Gasteiger partial charge < -0.3 is 65.1 Å². The maximum Gasteiger partial charge on any atom is 0.220 e. The van der Waals surface area contributed by atoms with Gasteiger partial charge in [-0.1, -0.05) is 205 Å². The van der Waals surface area contributed by atoms with E-state index in [1.807, 2.05) is 0 Å². The highest BCUT2D eigenvalue weighted by atomic mass is 16.7. The largest absolute Gasteiger partial charge is 0.394 e. The molecule has 14 nitrogen and oxygen atoms in total. The summed E-state index contributed by atoms with van der Waals surface area (Å²) in [5.41, 5.74) is 0. The molecule has 12 atom stereocenters. The Bertz CT molecular complexity index is 1830. The molecule has 0 aromatic heterocycles. The molecule has 2 fully saturated rings. The van der Waals surface area contributed by atoms with Gasteiger partial charge in [0.2, 0.25) is 5.91 Å². The van der Waals surface area contributed by atoms with Crippen LogP contribution in [0.2, 0.25) is 0 Å². The molecule has 0 aromatic carbocycles. The quantitative estimate of drug-likeness (QED) is 0.0205. The van der Waals surface area contributed by atoms with Crippen molar-refractivity contribution >= 4 is 5.91 Å². The summed E-state index contributed by atoms with van der Waals surface area (Å²) in [5, 5.41) is 86.6. The Morgan fingerprint density at radius 1 is 0.468 bits per heavy atom. The normalized spacial score (nSPS) is 25.4. The van der Waals surface area contributed by atoms with E-state index in [9.17, 15) is 45.6 Å². The molecule has 2 rings (SSSR count). The Kier molecular flexibility index (Phi) is 44.0. The number of rotatable bonds is 45. The number of unbranched alkanes of at least 4 members (excludes halogenated alkanes) is 10. The van der Waals surface area contributed by atoms with E-state index in [4.69, 9.17) is 18.9 Å². The molecule has 1 amide bonds. The molecule has 12 unspecified atom stereocenters. The van der Waals surface area contributed by atoms with Gasteiger partial charge in [0.15, 0.2) is 12.6 Å². The van der Waals surface area contributed by atoms with Crippen LogP contribution in [0.15, 0.2) is 134 Å². The second-order valence-corrected chi connectivity index (χ2v) is 20.4. The van der Waals surface area contributed by atoms with E-state index in [0.717, 1.165) is 141 Å². The topological polar surface area (TPSA) is 228 Å². The standard InChI is InChI=1S/C65H105NO13/c1-3-5-7-9-11-12-13-14-15-16-17-18-19-20-21-22-23-24-25-26-27-28-29-30-31-32-33-34-35-36-37-38-39-40-41-42-43-45-47-49-57(70)66-53(54(69)48-46-44-10-8-6-4-2)52-76-64-62(75)60(73)63(56(51-68)78-64)79-65-61(74)59(72)58(71)55(50-67)77-65/h5,7,11-12,14-15,17-18,20-21,23-24,26-27,29-30,32-33,35-36,38-39,53-56,58-65,67-69,71-75H,3-4,6,8-10,13,16,19,22,25,28,31,34,37,40-52H2,1-2H3,(H,66,70)/b7-5-,12-11-,15-14-,18-17-,21-20-,24-23-,27-26-,30-29-,33-32-,36-35-,39-38-. The van der Waals surface area contributed by atoms with Gasteiger partial charge in [-0.15, -0.1) is 0 Å². The first-order valence-corrected chi connectivity index (χ1v) is 29.9. The number of hydrogen-bond acceptors (Lipinski definition) is 13. The summed E-state index contributed by atoms with van der Waals surface area (Å²) in [4.78, 5) is 13.2. The fourth-order valence-electron chi connectivity index (χ4n) is 8.83. The van der Waals surface area contributed by atoms with Crippen molar-refractivity contribution in [2.75, 3.05) is 19.8 Å². The fourth-order valence-corrected chi connectivity index (χ4v) is 8.83. The Labute approximate surface area is 475 Å². The van der Waals surface area contributed by atoms with Gasteiger partial charge in [-0.2, -0.15) is 0 Å². The highest BCUT2D eigenvalue weighted by molar-refractivity contribution is 5.76. The smallest absolute Gasteiger partial charge is 0.220 e. The molecule has 2 aliphatic heterocycles. The van der Waals surface area contributed by atoms with Gasteiger partial charge in [0.1, 0.15) is 48.8 Å². The summed E-state index contributed by atoms with van der Waals surface area (Å²) >= 11 is 0. The molecule has 0 spiro atoms. The number of nitrogens with one attached hydrogen (secondary N) is 1. The minimum atomic E-state index is -1.79. The van der Waals surface area contributed by atoms with Crippen LogP contribution in [0.3, 0.4) is 0 Å². The van der Waals surface area contributed by atoms with Gasteiger partial charge >= 0.3 is 0 Å². The lowest BCUT2D eigenvalue weighted by molar-refractivity contribution is -0.359. The Balaban J connectivity index is 1.59. The lowest BCUT2D eigenvalue weighted by Gasteiger charge is -2.46. The predicted molar refractivity (Wildman–Crippen MR) is 318 cm³/mol. The van der Waals surface area contributed by atoms with Crippen molar-refractivity contribution in [3.63, 3.8) is 0 Å². The van der Waals surface area contributed by atoms with Crippen LogP contribution in [-0.2, 0) is 23.7 Å². The van der Waals surface area contributed by atoms with Crippen molar-refractivity contribution < 1.29 is 64.6 Å². The van der Waals surface area contributed by atoms with Crippen LogP contribution in [0, 0.1) is 0 Å².